The Hall–Kier alpha value is -0.610. The van der Waals surface area contributed by atoms with E-state index in [-0.39, 0.29) is 12.0 Å². The second kappa shape index (κ2) is 8.14. The third kappa shape index (κ3) is 4.43. The molecule has 0 amide bonds. The van der Waals surface area contributed by atoms with Crippen LogP contribution in [0.25, 0.3) is 0 Å². The SMILES string of the molecule is CCCOC1CCCN(C2CC(CC)CCC2C(=O)O)C1. The van der Waals surface area contributed by atoms with Gasteiger partial charge in [-0.3, -0.25) is 9.69 Å². The van der Waals surface area contributed by atoms with Crippen molar-refractivity contribution in [2.75, 3.05) is 19.7 Å². The van der Waals surface area contributed by atoms with Crippen LogP contribution in [-0.4, -0.2) is 47.8 Å². The molecule has 4 atom stereocenters. The molecule has 21 heavy (non-hydrogen) atoms. The van der Waals surface area contributed by atoms with Crippen LogP contribution in [0, 0.1) is 11.8 Å². The zero-order chi connectivity index (χ0) is 15.2. The van der Waals surface area contributed by atoms with Crippen LogP contribution in [0.15, 0.2) is 0 Å². The lowest BCUT2D eigenvalue weighted by Crippen LogP contribution is -2.52. The van der Waals surface area contributed by atoms with E-state index in [1.807, 2.05) is 0 Å². The molecular weight excluding hydrogens is 266 g/mol. The number of carboxylic acid groups (broad SMARTS) is 1. The molecular formula is C17H31NO3. The summed E-state index contributed by atoms with van der Waals surface area (Å²) in [6, 6.07) is 0.217. The molecule has 1 saturated heterocycles. The predicted molar refractivity (Wildman–Crippen MR) is 83.4 cm³/mol. The van der Waals surface area contributed by atoms with E-state index < -0.39 is 5.97 Å². The van der Waals surface area contributed by atoms with Crippen LogP contribution in [0.5, 0.6) is 0 Å². The molecule has 0 spiro atoms. The van der Waals surface area contributed by atoms with Crippen LogP contribution < -0.4 is 0 Å². The number of rotatable bonds is 6. The third-order valence-electron chi connectivity index (χ3n) is 5.26. The lowest BCUT2D eigenvalue weighted by molar-refractivity contribution is -0.147. The lowest BCUT2D eigenvalue weighted by Gasteiger charge is -2.44. The maximum atomic E-state index is 11.6. The summed E-state index contributed by atoms with van der Waals surface area (Å²) in [4.78, 5) is 14.0. The second-order valence-electron chi connectivity index (χ2n) is 6.73. The molecule has 4 heteroatoms. The van der Waals surface area contributed by atoms with Crippen LogP contribution in [0.3, 0.4) is 0 Å². The first kappa shape index (κ1) is 16.8. The smallest absolute Gasteiger partial charge is 0.308 e. The van der Waals surface area contributed by atoms with Crippen molar-refractivity contribution in [1.82, 2.24) is 4.90 Å². The number of nitrogens with zero attached hydrogens (tertiary/aromatic N) is 1. The number of carbonyl (C=O) groups is 1. The Morgan fingerprint density at radius 1 is 1.29 bits per heavy atom. The van der Waals surface area contributed by atoms with Gasteiger partial charge in [-0.05, 0) is 51.0 Å². The topological polar surface area (TPSA) is 49.8 Å². The Morgan fingerprint density at radius 3 is 2.76 bits per heavy atom. The van der Waals surface area contributed by atoms with E-state index in [9.17, 15) is 9.90 Å². The number of likely N-dealkylation sites (tertiary alicyclic amines) is 1. The fourth-order valence-electron chi connectivity index (χ4n) is 3.98. The van der Waals surface area contributed by atoms with Crippen LogP contribution in [0.2, 0.25) is 0 Å². The quantitative estimate of drug-likeness (QED) is 0.818. The largest absolute Gasteiger partial charge is 0.481 e. The summed E-state index contributed by atoms with van der Waals surface area (Å²) in [5.41, 5.74) is 0. The molecule has 4 nitrogen and oxygen atoms in total. The molecule has 0 bridgehead atoms. The van der Waals surface area contributed by atoms with Crippen molar-refractivity contribution in [2.24, 2.45) is 11.8 Å². The summed E-state index contributed by atoms with van der Waals surface area (Å²) in [6.45, 7) is 7.14. The zero-order valence-corrected chi connectivity index (χ0v) is 13.6. The molecule has 1 heterocycles. The first-order chi connectivity index (χ1) is 10.2. The van der Waals surface area contributed by atoms with Crippen molar-refractivity contribution in [2.45, 2.75) is 70.9 Å². The molecule has 4 unspecified atom stereocenters. The van der Waals surface area contributed by atoms with E-state index in [0.717, 1.165) is 58.2 Å². The van der Waals surface area contributed by atoms with E-state index >= 15 is 0 Å². The normalized spacial score (nSPS) is 34.8. The highest BCUT2D eigenvalue weighted by molar-refractivity contribution is 5.71. The highest BCUT2D eigenvalue weighted by Gasteiger charge is 2.39. The van der Waals surface area contributed by atoms with Gasteiger partial charge in [-0.2, -0.15) is 0 Å². The summed E-state index contributed by atoms with van der Waals surface area (Å²) < 4.78 is 5.91. The number of carboxylic acids is 1. The second-order valence-corrected chi connectivity index (χ2v) is 6.73. The molecule has 1 aliphatic carbocycles. The van der Waals surface area contributed by atoms with Crippen LogP contribution in [0.4, 0.5) is 0 Å². The number of piperidine rings is 1. The minimum atomic E-state index is -0.605. The molecule has 1 aliphatic heterocycles. The Kier molecular flexibility index (Phi) is 6.49. The van der Waals surface area contributed by atoms with Crippen molar-refractivity contribution in [3.63, 3.8) is 0 Å². The van der Waals surface area contributed by atoms with Crippen LogP contribution >= 0.6 is 0 Å². The minimum absolute atomic E-state index is 0.183. The van der Waals surface area contributed by atoms with E-state index in [0.29, 0.717) is 12.0 Å². The maximum Gasteiger partial charge on any atom is 0.308 e. The van der Waals surface area contributed by atoms with Crippen molar-refractivity contribution < 1.29 is 14.6 Å². The molecule has 0 aromatic rings. The average Bonchev–Trinajstić information content (AvgIpc) is 2.52. The molecule has 2 fully saturated rings. The maximum absolute atomic E-state index is 11.6. The van der Waals surface area contributed by atoms with Crippen LogP contribution in [0.1, 0.15) is 58.8 Å². The summed E-state index contributed by atoms with van der Waals surface area (Å²) in [6.07, 6.45) is 7.75. The van der Waals surface area contributed by atoms with Gasteiger partial charge >= 0.3 is 5.97 Å². The van der Waals surface area contributed by atoms with Gasteiger partial charge in [0.05, 0.1) is 12.0 Å². The first-order valence-electron chi connectivity index (χ1n) is 8.74. The average molecular weight is 297 g/mol. The first-order valence-corrected chi connectivity index (χ1v) is 8.74. The van der Waals surface area contributed by atoms with E-state index in [1.54, 1.807) is 0 Å². The number of hydrogen-bond acceptors (Lipinski definition) is 3. The van der Waals surface area contributed by atoms with Gasteiger partial charge in [-0.25, -0.2) is 0 Å². The standard InChI is InChI=1S/C17H31NO3/c1-3-10-21-14-6-5-9-18(12-14)16-11-13(4-2)7-8-15(16)17(19)20/h13-16H,3-12H2,1-2H3,(H,19,20). The van der Waals surface area contributed by atoms with Gasteiger partial charge < -0.3 is 9.84 Å². The monoisotopic (exact) mass is 297 g/mol. The van der Waals surface area contributed by atoms with Crippen molar-refractivity contribution in [3.8, 4) is 0 Å². The lowest BCUT2D eigenvalue weighted by atomic mass is 9.76. The van der Waals surface area contributed by atoms with E-state index in [1.165, 1.54) is 6.42 Å². The van der Waals surface area contributed by atoms with Crippen molar-refractivity contribution in [1.29, 1.82) is 0 Å². The Morgan fingerprint density at radius 2 is 2.10 bits per heavy atom. The Bertz CT molecular complexity index is 334. The molecule has 0 aromatic carbocycles. The van der Waals surface area contributed by atoms with Crippen molar-refractivity contribution >= 4 is 5.97 Å². The number of ether oxygens (including phenoxy) is 1. The summed E-state index contributed by atoms with van der Waals surface area (Å²) in [7, 11) is 0. The van der Waals surface area contributed by atoms with Gasteiger partial charge in [0.15, 0.2) is 0 Å². The molecule has 2 aliphatic rings. The van der Waals surface area contributed by atoms with Gasteiger partial charge in [0.25, 0.3) is 0 Å². The highest BCUT2D eigenvalue weighted by Crippen LogP contribution is 2.35. The summed E-state index contributed by atoms with van der Waals surface area (Å²) in [5, 5.41) is 9.55. The Labute approximate surface area is 128 Å². The fourth-order valence-corrected chi connectivity index (χ4v) is 3.98. The molecule has 2 rings (SSSR count). The van der Waals surface area contributed by atoms with Gasteiger partial charge in [0.2, 0.25) is 0 Å². The summed E-state index contributed by atoms with van der Waals surface area (Å²) >= 11 is 0. The summed E-state index contributed by atoms with van der Waals surface area (Å²) in [5.74, 6) is -0.0913. The number of hydrogen-bond donors (Lipinski definition) is 1. The minimum Gasteiger partial charge on any atom is -0.481 e. The number of aliphatic carboxylic acids is 1. The predicted octanol–water partition coefficient (Wildman–Crippen LogP) is 3.16. The molecule has 0 aromatic heterocycles. The van der Waals surface area contributed by atoms with Crippen LogP contribution in [-0.2, 0) is 9.53 Å². The van der Waals surface area contributed by atoms with Gasteiger partial charge in [0.1, 0.15) is 0 Å². The fraction of sp³-hybridized carbons (Fsp3) is 0.941. The molecule has 1 N–H and O–H groups in total. The molecule has 122 valence electrons. The van der Waals surface area contributed by atoms with Gasteiger partial charge in [0, 0.05) is 19.2 Å². The van der Waals surface area contributed by atoms with Gasteiger partial charge in [-0.1, -0.05) is 20.3 Å². The van der Waals surface area contributed by atoms with E-state index in [4.69, 9.17) is 4.74 Å². The third-order valence-corrected chi connectivity index (χ3v) is 5.26. The Balaban J connectivity index is 1.99. The molecule has 1 saturated carbocycles. The van der Waals surface area contributed by atoms with E-state index in [2.05, 4.69) is 18.7 Å². The van der Waals surface area contributed by atoms with Gasteiger partial charge in [-0.15, -0.1) is 0 Å². The van der Waals surface area contributed by atoms with Crippen molar-refractivity contribution in [3.05, 3.63) is 0 Å². The zero-order valence-electron chi connectivity index (χ0n) is 13.6. The molecule has 0 radical (unpaired) electrons. The highest BCUT2D eigenvalue weighted by atomic mass is 16.5.